The molecule has 0 saturated carbocycles. The van der Waals surface area contributed by atoms with E-state index in [1.165, 1.54) is 58.5 Å². The summed E-state index contributed by atoms with van der Waals surface area (Å²) in [5.41, 5.74) is 0. The highest BCUT2D eigenvalue weighted by Crippen LogP contribution is 2.10. The summed E-state index contributed by atoms with van der Waals surface area (Å²) < 4.78 is 0. The lowest BCUT2D eigenvalue weighted by Crippen LogP contribution is -2.52. The van der Waals surface area contributed by atoms with Crippen molar-refractivity contribution in [2.45, 2.75) is 46.1 Å². The van der Waals surface area contributed by atoms with E-state index in [1.807, 2.05) is 0 Å². The van der Waals surface area contributed by atoms with Crippen molar-refractivity contribution in [2.75, 3.05) is 45.8 Å². The van der Waals surface area contributed by atoms with E-state index in [9.17, 15) is 0 Å². The van der Waals surface area contributed by atoms with Gasteiger partial charge in [0.2, 0.25) is 0 Å². The third-order valence-electron chi connectivity index (χ3n) is 3.80. The molecule has 0 amide bonds. The lowest BCUT2D eigenvalue weighted by molar-refractivity contribution is 0.0941. The highest BCUT2D eigenvalue weighted by molar-refractivity contribution is 4.79. The molecule has 0 aromatic carbocycles. The first-order valence-electron chi connectivity index (χ1n) is 7.48. The first-order chi connectivity index (χ1) is 8.31. The third kappa shape index (κ3) is 5.36. The van der Waals surface area contributed by atoms with E-state index < -0.39 is 0 Å². The van der Waals surface area contributed by atoms with Gasteiger partial charge in [0, 0.05) is 38.8 Å². The van der Waals surface area contributed by atoms with Crippen molar-refractivity contribution >= 4 is 0 Å². The summed E-state index contributed by atoms with van der Waals surface area (Å²) in [7, 11) is 0. The summed E-state index contributed by atoms with van der Waals surface area (Å²) in [6, 6.07) is 0.755. The Bertz CT molecular complexity index is 176. The summed E-state index contributed by atoms with van der Waals surface area (Å²) in [6.07, 6.45) is 3.87. The lowest BCUT2D eigenvalue weighted by Gasteiger charge is -2.39. The number of nitrogens with one attached hydrogen (secondary N) is 1. The number of piperazine rings is 1. The molecular formula is C14H31N3. The fourth-order valence-corrected chi connectivity index (χ4v) is 2.64. The molecule has 1 saturated heterocycles. The zero-order chi connectivity index (χ0) is 12.5. The number of rotatable bonds is 8. The molecule has 0 aliphatic carbocycles. The maximum absolute atomic E-state index is 3.59. The zero-order valence-electron chi connectivity index (χ0n) is 12.0. The molecular weight excluding hydrogens is 210 g/mol. The summed E-state index contributed by atoms with van der Waals surface area (Å²) in [6.45, 7) is 15.4. The van der Waals surface area contributed by atoms with Crippen LogP contribution in [0, 0.1) is 0 Å². The van der Waals surface area contributed by atoms with Crippen LogP contribution < -0.4 is 5.32 Å². The molecule has 0 bridgehead atoms. The number of hydrogen-bond acceptors (Lipinski definition) is 3. The highest BCUT2D eigenvalue weighted by Gasteiger charge is 2.21. The second kappa shape index (κ2) is 8.90. The van der Waals surface area contributed by atoms with Gasteiger partial charge in [0.25, 0.3) is 0 Å². The molecule has 1 rings (SSSR count). The van der Waals surface area contributed by atoms with Gasteiger partial charge in [-0.1, -0.05) is 27.2 Å². The van der Waals surface area contributed by atoms with Crippen LogP contribution in [0.25, 0.3) is 0 Å². The minimum absolute atomic E-state index is 0.755. The van der Waals surface area contributed by atoms with Crippen LogP contribution in [0.5, 0.6) is 0 Å². The summed E-state index contributed by atoms with van der Waals surface area (Å²) in [5.74, 6) is 0. The number of likely N-dealkylation sites (N-methyl/N-ethyl adjacent to an activating group) is 1. The van der Waals surface area contributed by atoms with Crippen LogP contribution >= 0.6 is 0 Å². The van der Waals surface area contributed by atoms with Crippen molar-refractivity contribution in [3.05, 3.63) is 0 Å². The zero-order valence-corrected chi connectivity index (χ0v) is 12.0. The van der Waals surface area contributed by atoms with Crippen LogP contribution in [-0.2, 0) is 0 Å². The van der Waals surface area contributed by atoms with Crippen LogP contribution in [0.3, 0.4) is 0 Å². The average molecular weight is 241 g/mol. The van der Waals surface area contributed by atoms with Gasteiger partial charge in [-0.2, -0.15) is 0 Å². The van der Waals surface area contributed by atoms with Gasteiger partial charge in [-0.25, -0.2) is 0 Å². The second-order valence-corrected chi connectivity index (χ2v) is 5.12. The van der Waals surface area contributed by atoms with E-state index in [2.05, 4.69) is 35.9 Å². The molecule has 1 atom stereocenters. The standard InChI is InChI=1S/C14H31N3/c1-4-7-14(13-15-8-5-2)17-11-9-16(6-3)10-12-17/h14-15H,4-13H2,1-3H3. The predicted octanol–water partition coefficient (Wildman–Crippen LogP) is 1.79. The van der Waals surface area contributed by atoms with E-state index in [0.29, 0.717) is 0 Å². The molecule has 1 fully saturated rings. The van der Waals surface area contributed by atoms with Gasteiger partial charge in [0.15, 0.2) is 0 Å². The van der Waals surface area contributed by atoms with Gasteiger partial charge in [-0.05, 0) is 25.9 Å². The SMILES string of the molecule is CCCNCC(CCC)N1CCN(CC)CC1. The Morgan fingerprint density at radius 2 is 1.71 bits per heavy atom. The third-order valence-corrected chi connectivity index (χ3v) is 3.80. The predicted molar refractivity (Wildman–Crippen MR) is 75.5 cm³/mol. The Morgan fingerprint density at radius 1 is 1.00 bits per heavy atom. The molecule has 0 aromatic rings. The molecule has 1 N–H and O–H groups in total. The van der Waals surface area contributed by atoms with Gasteiger partial charge in [-0.3, -0.25) is 4.90 Å². The van der Waals surface area contributed by atoms with E-state index >= 15 is 0 Å². The molecule has 0 radical (unpaired) electrons. The van der Waals surface area contributed by atoms with E-state index in [0.717, 1.165) is 12.6 Å². The summed E-state index contributed by atoms with van der Waals surface area (Å²) >= 11 is 0. The average Bonchev–Trinajstić information content (AvgIpc) is 2.38. The fraction of sp³-hybridized carbons (Fsp3) is 1.00. The van der Waals surface area contributed by atoms with Gasteiger partial charge < -0.3 is 10.2 Å². The Hall–Kier alpha value is -0.120. The second-order valence-electron chi connectivity index (χ2n) is 5.12. The molecule has 102 valence electrons. The van der Waals surface area contributed by atoms with Crippen molar-refractivity contribution in [1.82, 2.24) is 15.1 Å². The van der Waals surface area contributed by atoms with E-state index in [-0.39, 0.29) is 0 Å². The molecule has 0 aromatic heterocycles. The molecule has 1 aliphatic heterocycles. The monoisotopic (exact) mass is 241 g/mol. The molecule has 1 unspecified atom stereocenters. The Kier molecular flexibility index (Phi) is 7.82. The van der Waals surface area contributed by atoms with Gasteiger partial charge in [-0.15, -0.1) is 0 Å². The molecule has 17 heavy (non-hydrogen) atoms. The normalized spacial score (nSPS) is 20.6. The van der Waals surface area contributed by atoms with Gasteiger partial charge in [0.05, 0.1) is 0 Å². The van der Waals surface area contributed by atoms with Crippen molar-refractivity contribution in [3.63, 3.8) is 0 Å². The Labute approximate surface area is 108 Å². The van der Waals surface area contributed by atoms with Crippen molar-refractivity contribution in [2.24, 2.45) is 0 Å². The maximum atomic E-state index is 3.59. The van der Waals surface area contributed by atoms with E-state index in [1.54, 1.807) is 0 Å². The van der Waals surface area contributed by atoms with Gasteiger partial charge in [0.1, 0.15) is 0 Å². The molecule has 3 heteroatoms. The van der Waals surface area contributed by atoms with Crippen molar-refractivity contribution in [3.8, 4) is 0 Å². The molecule has 0 spiro atoms. The van der Waals surface area contributed by atoms with Crippen LogP contribution in [-0.4, -0.2) is 61.7 Å². The first kappa shape index (κ1) is 14.9. The molecule has 1 heterocycles. The smallest absolute Gasteiger partial charge is 0.0221 e. The number of hydrogen-bond donors (Lipinski definition) is 1. The van der Waals surface area contributed by atoms with Crippen LogP contribution in [0.2, 0.25) is 0 Å². The quantitative estimate of drug-likeness (QED) is 0.654. The van der Waals surface area contributed by atoms with Gasteiger partial charge >= 0.3 is 0 Å². The largest absolute Gasteiger partial charge is 0.315 e. The van der Waals surface area contributed by atoms with Crippen molar-refractivity contribution < 1.29 is 0 Å². The van der Waals surface area contributed by atoms with Crippen molar-refractivity contribution in [1.29, 1.82) is 0 Å². The lowest BCUT2D eigenvalue weighted by atomic mass is 10.1. The first-order valence-corrected chi connectivity index (χ1v) is 7.48. The minimum atomic E-state index is 0.755. The highest BCUT2D eigenvalue weighted by atomic mass is 15.3. The summed E-state index contributed by atoms with van der Waals surface area (Å²) in [5, 5.41) is 3.59. The maximum Gasteiger partial charge on any atom is 0.0221 e. The number of nitrogens with zero attached hydrogens (tertiary/aromatic N) is 2. The van der Waals surface area contributed by atoms with E-state index in [4.69, 9.17) is 0 Å². The Balaban J connectivity index is 2.31. The fourth-order valence-electron chi connectivity index (χ4n) is 2.64. The Morgan fingerprint density at radius 3 is 2.24 bits per heavy atom. The summed E-state index contributed by atoms with van der Waals surface area (Å²) in [4.78, 5) is 5.25. The molecule has 3 nitrogen and oxygen atoms in total. The molecule has 1 aliphatic rings. The van der Waals surface area contributed by atoms with Crippen LogP contribution in [0.15, 0.2) is 0 Å². The minimum Gasteiger partial charge on any atom is -0.315 e. The van der Waals surface area contributed by atoms with Crippen LogP contribution in [0.4, 0.5) is 0 Å². The topological polar surface area (TPSA) is 18.5 Å². The van der Waals surface area contributed by atoms with Crippen LogP contribution in [0.1, 0.15) is 40.0 Å².